The summed E-state index contributed by atoms with van der Waals surface area (Å²) < 4.78 is 11.3. The van der Waals surface area contributed by atoms with Gasteiger partial charge < -0.3 is 14.5 Å². The number of ether oxygens (including phenoxy) is 1. The number of rotatable bonds is 4. The molecule has 0 spiro atoms. The van der Waals surface area contributed by atoms with Crippen LogP contribution in [-0.4, -0.2) is 47.6 Å². The lowest BCUT2D eigenvalue weighted by molar-refractivity contribution is -0.126. The van der Waals surface area contributed by atoms with Gasteiger partial charge in [-0.3, -0.25) is 9.69 Å². The molecule has 1 N–H and O–H groups in total. The highest BCUT2D eigenvalue weighted by Crippen LogP contribution is 2.18. The predicted molar refractivity (Wildman–Crippen MR) is 87.0 cm³/mol. The molecule has 1 aliphatic rings. The maximum Gasteiger partial charge on any atom is 0.234 e. The first-order valence-corrected chi connectivity index (χ1v) is 8.01. The van der Waals surface area contributed by atoms with Crippen molar-refractivity contribution in [3.63, 3.8) is 0 Å². The molecule has 2 aromatic rings. The van der Waals surface area contributed by atoms with E-state index in [2.05, 4.69) is 15.2 Å². The van der Waals surface area contributed by atoms with Crippen LogP contribution in [0.4, 0.5) is 0 Å². The first-order chi connectivity index (χ1) is 11.0. The largest absolute Gasteiger partial charge is 0.439 e. The summed E-state index contributed by atoms with van der Waals surface area (Å²) in [5, 5.41) is 2.88. The van der Waals surface area contributed by atoms with E-state index in [4.69, 9.17) is 9.15 Å². The van der Waals surface area contributed by atoms with Gasteiger partial charge in [0, 0.05) is 13.1 Å². The van der Waals surface area contributed by atoms with Gasteiger partial charge in [0.2, 0.25) is 11.8 Å². The molecule has 0 saturated carbocycles. The summed E-state index contributed by atoms with van der Waals surface area (Å²) in [5.41, 5.74) is 2.68. The van der Waals surface area contributed by atoms with E-state index in [-0.39, 0.29) is 18.1 Å². The number of benzene rings is 1. The Morgan fingerprint density at radius 3 is 2.78 bits per heavy atom. The molecule has 0 aliphatic carbocycles. The van der Waals surface area contributed by atoms with Crippen LogP contribution in [0.25, 0.3) is 11.1 Å². The minimum Gasteiger partial charge on any atom is -0.439 e. The predicted octanol–water partition coefficient (Wildman–Crippen LogP) is 1.86. The molecule has 0 radical (unpaired) electrons. The van der Waals surface area contributed by atoms with Gasteiger partial charge in [-0.25, -0.2) is 4.98 Å². The van der Waals surface area contributed by atoms with Crippen molar-refractivity contribution >= 4 is 17.0 Å². The smallest absolute Gasteiger partial charge is 0.234 e. The number of nitrogens with zero attached hydrogens (tertiary/aromatic N) is 2. The first-order valence-electron chi connectivity index (χ1n) is 8.01. The number of aromatic nitrogens is 1. The van der Waals surface area contributed by atoms with Crippen LogP contribution in [0, 0.1) is 6.92 Å². The number of amides is 1. The van der Waals surface area contributed by atoms with E-state index in [1.54, 1.807) is 0 Å². The minimum atomic E-state index is -0.0229. The molecule has 1 fully saturated rings. The lowest BCUT2D eigenvalue weighted by atomic mass is 10.2. The van der Waals surface area contributed by atoms with Crippen molar-refractivity contribution < 1.29 is 13.9 Å². The molecule has 1 aromatic heterocycles. The van der Waals surface area contributed by atoms with Crippen molar-refractivity contribution in [1.82, 2.24) is 15.2 Å². The normalized spacial score (nSPS) is 22.4. The molecule has 6 nitrogen and oxygen atoms in total. The minimum absolute atomic E-state index is 0.0229. The van der Waals surface area contributed by atoms with Gasteiger partial charge in [-0.15, -0.1) is 0 Å². The molecule has 0 unspecified atom stereocenters. The van der Waals surface area contributed by atoms with Crippen LogP contribution in [0.15, 0.2) is 22.6 Å². The van der Waals surface area contributed by atoms with Crippen molar-refractivity contribution in [2.75, 3.05) is 19.6 Å². The van der Waals surface area contributed by atoms with Crippen molar-refractivity contribution in [3.05, 3.63) is 29.7 Å². The maximum atomic E-state index is 12.1. The van der Waals surface area contributed by atoms with Crippen molar-refractivity contribution in [2.24, 2.45) is 0 Å². The summed E-state index contributed by atoms with van der Waals surface area (Å²) >= 11 is 0. The van der Waals surface area contributed by atoms with Gasteiger partial charge >= 0.3 is 0 Å². The van der Waals surface area contributed by atoms with Crippen LogP contribution < -0.4 is 5.32 Å². The second kappa shape index (κ2) is 6.68. The van der Waals surface area contributed by atoms with Crippen LogP contribution in [-0.2, 0) is 16.1 Å². The Kier molecular flexibility index (Phi) is 4.63. The van der Waals surface area contributed by atoms with Crippen LogP contribution in [0.2, 0.25) is 0 Å². The monoisotopic (exact) mass is 317 g/mol. The molecular formula is C17H23N3O3. The molecular weight excluding hydrogens is 294 g/mol. The zero-order chi connectivity index (χ0) is 16.4. The molecule has 0 bridgehead atoms. The van der Waals surface area contributed by atoms with E-state index in [1.807, 2.05) is 39.0 Å². The number of para-hydroxylation sites is 1. The number of aryl methyl sites for hydroxylation is 1. The standard InChI is InChI=1S/C17H23N3O3/c1-11-5-4-6-14-17(11)19-16(23-14)7-18-15(21)10-20-8-12(2)22-13(3)9-20/h4-6,12-13H,7-10H2,1-3H3,(H,18,21)/t12-,13+. The Balaban J connectivity index is 1.55. The molecule has 3 rings (SSSR count). The number of nitrogens with one attached hydrogen (secondary N) is 1. The Hall–Kier alpha value is -1.92. The van der Waals surface area contributed by atoms with Crippen molar-refractivity contribution in [1.29, 1.82) is 0 Å². The topological polar surface area (TPSA) is 67.6 Å². The van der Waals surface area contributed by atoms with Crippen LogP contribution in [0.5, 0.6) is 0 Å². The van der Waals surface area contributed by atoms with Crippen molar-refractivity contribution in [3.8, 4) is 0 Å². The van der Waals surface area contributed by atoms with E-state index in [0.29, 0.717) is 19.0 Å². The number of carbonyl (C=O) groups excluding carboxylic acids is 1. The SMILES string of the molecule is Cc1cccc2oc(CNC(=O)CN3C[C@@H](C)O[C@@H](C)C3)nc12. The lowest BCUT2D eigenvalue weighted by Crippen LogP contribution is -2.49. The maximum absolute atomic E-state index is 12.1. The van der Waals surface area contributed by atoms with E-state index in [0.717, 1.165) is 29.8 Å². The van der Waals surface area contributed by atoms with Gasteiger partial charge in [0.1, 0.15) is 5.52 Å². The zero-order valence-electron chi connectivity index (χ0n) is 13.8. The fourth-order valence-electron chi connectivity index (χ4n) is 3.05. The quantitative estimate of drug-likeness (QED) is 0.932. The van der Waals surface area contributed by atoms with E-state index >= 15 is 0 Å². The first kappa shape index (κ1) is 16.0. The fourth-order valence-corrected chi connectivity index (χ4v) is 3.05. The summed E-state index contributed by atoms with van der Waals surface area (Å²) in [6.07, 6.45) is 0.318. The number of hydrogen-bond donors (Lipinski definition) is 1. The van der Waals surface area contributed by atoms with Gasteiger partial charge in [0.25, 0.3) is 0 Å². The third-order valence-electron chi connectivity index (χ3n) is 3.96. The summed E-state index contributed by atoms with van der Waals surface area (Å²) in [5.74, 6) is 0.511. The average molecular weight is 317 g/mol. The third kappa shape index (κ3) is 3.89. The van der Waals surface area contributed by atoms with E-state index in [9.17, 15) is 4.79 Å². The number of morpholine rings is 1. The summed E-state index contributed by atoms with van der Waals surface area (Å²) in [6, 6.07) is 5.82. The second-order valence-corrected chi connectivity index (χ2v) is 6.26. The van der Waals surface area contributed by atoms with E-state index in [1.165, 1.54) is 0 Å². The fraction of sp³-hybridized carbons (Fsp3) is 0.529. The number of fused-ring (bicyclic) bond motifs is 1. The highest BCUT2D eigenvalue weighted by molar-refractivity contribution is 5.78. The summed E-state index contributed by atoms with van der Waals surface area (Å²) in [4.78, 5) is 18.7. The van der Waals surface area contributed by atoms with E-state index < -0.39 is 0 Å². The number of hydrogen-bond acceptors (Lipinski definition) is 5. The number of carbonyl (C=O) groups is 1. The average Bonchev–Trinajstić information content (AvgIpc) is 2.88. The highest BCUT2D eigenvalue weighted by Gasteiger charge is 2.23. The third-order valence-corrected chi connectivity index (χ3v) is 3.96. The van der Waals surface area contributed by atoms with Gasteiger partial charge in [-0.05, 0) is 32.4 Å². The number of oxazole rings is 1. The Morgan fingerprint density at radius 1 is 1.35 bits per heavy atom. The highest BCUT2D eigenvalue weighted by atomic mass is 16.5. The van der Waals surface area contributed by atoms with Gasteiger partial charge in [0.15, 0.2) is 5.58 Å². The van der Waals surface area contributed by atoms with Gasteiger partial charge in [-0.1, -0.05) is 12.1 Å². The Labute approximate surface area is 135 Å². The molecule has 1 saturated heterocycles. The van der Waals surface area contributed by atoms with Crippen LogP contribution in [0.1, 0.15) is 25.3 Å². The zero-order valence-corrected chi connectivity index (χ0v) is 13.8. The van der Waals surface area contributed by atoms with Crippen LogP contribution in [0.3, 0.4) is 0 Å². The summed E-state index contributed by atoms with van der Waals surface area (Å²) in [6.45, 7) is 8.29. The molecule has 6 heteroatoms. The van der Waals surface area contributed by atoms with Gasteiger partial charge in [-0.2, -0.15) is 0 Å². The molecule has 23 heavy (non-hydrogen) atoms. The van der Waals surface area contributed by atoms with Crippen molar-refractivity contribution in [2.45, 2.75) is 39.5 Å². The molecule has 124 valence electrons. The van der Waals surface area contributed by atoms with Gasteiger partial charge in [0.05, 0.1) is 25.3 Å². The molecule has 1 aliphatic heterocycles. The molecule has 2 heterocycles. The van der Waals surface area contributed by atoms with Crippen LogP contribution >= 0.6 is 0 Å². The lowest BCUT2D eigenvalue weighted by Gasteiger charge is -2.34. The molecule has 1 amide bonds. The Morgan fingerprint density at radius 2 is 2.09 bits per heavy atom. The molecule has 2 atom stereocenters. The molecule has 1 aromatic carbocycles. The Bertz CT molecular complexity index is 687. The second-order valence-electron chi connectivity index (χ2n) is 6.26. The summed E-state index contributed by atoms with van der Waals surface area (Å²) in [7, 11) is 0.